The Morgan fingerprint density at radius 3 is 2.75 bits per heavy atom. The van der Waals surface area contributed by atoms with Gasteiger partial charge in [-0.15, -0.1) is 23.9 Å². The van der Waals surface area contributed by atoms with E-state index in [0.717, 1.165) is 56.3 Å². The fraction of sp³-hybridized carbons (Fsp3) is 0.739. The first-order valence-electron chi connectivity index (χ1n) is 11.9. The third kappa shape index (κ3) is 9.86. The molecule has 4 nitrogen and oxygen atoms in total. The molecule has 1 aliphatic rings. The van der Waals surface area contributed by atoms with Gasteiger partial charge in [0.2, 0.25) is 0 Å². The van der Waals surface area contributed by atoms with Crippen LogP contribution in [0.2, 0.25) is 17.2 Å². The van der Waals surface area contributed by atoms with Crippen molar-refractivity contribution in [1.82, 2.24) is 4.98 Å². The Morgan fingerprint density at radius 2 is 2.06 bits per heavy atom. The number of rotatable bonds is 16. The number of ether oxygens (including phenoxy) is 1. The zero-order valence-electron chi connectivity index (χ0n) is 19.3. The van der Waals surface area contributed by atoms with Crippen molar-refractivity contribution in [2.45, 2.75) is 88.7 Å². The minimum absolute atomic E-state index is 0.0945. The summed E-state index contributed by atoms with van der Waals surface area (Å²) in [5.74, 6) is 0.804. The molecule has 2 N–H and O–H groups in total. The van der Waals surface area contributed by atoms with E-state index < -0.39 is 6.70 Å². The van der Waals surface area contributed by atoms with E-state index in [1.54, 1.807) is 12.3 Å². The van der Waals surface area contributed by atoms with E-state index in [2.05, 4.69) is 11.9 Å². The van der Waals surface area contributed by atoms with E-state index in [1.165, 1.54) is 11.8 Å². The molecule has 1 aromatic heterocycles. The number of carbonyl (C=O) groups is 1. The molecule has 1 heterocycles. The quantitative estimate of drug-likeness (QED) is 0.113. The van der Waals surface area contributed by atoms with Crippen LogP contribution < -0.4 is 5.73 Å². The summed E-state index contributed by atoms with van der Waals surface area (Å²) in [5.41, 5.74) is 5.68. The van der Waals surface area contributed by atoms with Gasteiger partial charge in [-0.2, -0.15) is 0 Å². The highest BCUT2D eigenvalue weighted by atomic mass is 35.5. The molecule has 0 aliphatic heterocycles. The first-order valence-corrected chi connectivity index (χ1v) is 13.3. The average Bonchev–Trinajstić information content (AvgIpc) is 3.59. The van der Waals surface area contributed by atoms with Crippen molar-refractivity contribution < 1.29 is 18.2 Å². The Bertz CT molecular complexity index is 725. The highest BCUT2D eigenvalue weighted by Crippen LogP contribution is 2.49. The molecule has 182 valence electrons. The summed E-state index contributed by atoms with van der Waals surface area (Å²) in [4.78, 5) is 16.8. The monoisotopic (exact) mass is 489 g/mol. The van der Waals surface area contributed by atoms with Crippen LogP contribution in [0.5, 0.6) is 0 Å². The number of aromatic nitrogens is 1. The van der Waals surface area contributed by atoms with Crippen LogP contribution in [0.1, 0.15) is 71.6 Å². The van der Waals surface area contributed by atoms with E-state index in [-0.39, 0.29) is 29.8 Å². The van der Waals surface area contributed by atoms with E-state index in [0.29, 0.717) is 29.7 Å². The summed E-state index contributed by atoms with van der Waals surface area (Å²) in [6.07, 6.45) is 9.36. The molecule has 0 saturated heterocycles. The largest absolute Gasteiger partial charge is 0.478 e. The Hall–Kier alpha value is -1.02. The molecule has 1 unspecified atom stereocenters. The van der Waals surface area contributed by atoms with Gasteiger partial charge in [-0.05, 0) is 18.4 Å². The predicted molar refractivity (Wildman–Crippen MR) is 132 cm³/mol. The Kier molecular flexibility index (Phi) is 11.6. The molecular formula is C23H37BClF2N2O2S-. The van der Waals surface area contributed by atoms with Crippen LogP contribution in [-0.4, -0.2) is 30.0 Å². The Morgan fingerprint density at radius 1 is 1.34 bits per heavy atom. The summed E-state index contributed by atoms with van der Waals surface area (Å²) in [6, 6.07) is 1.78. The molecular weight excluding hydrogens is 453 g/mol. The maximum Gasteiger partial charge on any atom is 0.308 e. The number of pyridine rings is 1. The average molecular weight is 490 g/mol. The minimum atomic E-state index is -3.13. The van der Waals surface area contributed by atoms with Crippen molar-refractivity contribution in [3.63, 3.8) is 0 Å². The van der Waals surface area contributed by atoms with Gasteiger partial charge in [0.15, 0.2) is 0 Å². The summed E-state index contributed by atoms with van der Waals surface area (Å²) in [5, 5.41) is 0.420. The highest BCUT2D eigenvalue weighted by Gasteiger charge is 2.41. The van der Waals surface area contributed by atoms with Gasteiger partial charge < -0.3 is 19.1 Å². The molecule has 1 aliphatic carbocycles. The number of carbonyl (C=O) groups excluding carboxylic acids is 1. The summed E-state index contributed by atoms with van der Waals surface area (Å²) < 4.78 is 33.3. The Labute approximate surface area is 200 Å². The second-order valence-electron chi connectivity index (χ2n) is 9.26. The van der Waals surface area contributed by atoms with Gasteiger partial charge in [0.1, 0.15) is 5.82 Å². The maximum atomic E-state index is 13.9. The molecule has 32 heavy (non-hydrogen) atoms. The number of anilines is 1. The SMILES string of the molecule is CCC(CCCCC[C@H](C)C[B-](F)(F)C1CC1)COC(=O)CCSc1ccnc(N)c1Cl. The third-order valence-corrected chi connectivity index (χ3v) is 7.91. The molecule has 0 amide bonds. The van der Waals surface area contributed by atoms with Crippen LogP contribution >= 0.6 is 23.4 Å². The van der Waals surface area contributed by atoms with Crippen LogP contribution in [0, 0.1) is 11.8 Å². The molecule has 9 heteroatoms. The van der Waals surface area contributed by atoms with Gasteiger partial charge in [-0.3, -0.25) is 4.79 Å². The van der Waals surface area contributed by atoms with Crippen molar-refractivity contribution in [1.29, 1.82) is 0 Å². The first-order chi connectivity index (χ1) is 15.2. The number of esters is 1. The van der Waals surface area contributed by atoms with E-state index in [1.807, 2.05) is 6.92 Å². The van der Waals surface area contributed by atoms with Crippen molar-refractivity contribution in [3.05, 3.63) is 17.3 Å². The Balaban J connectivity index is 1.53. The molecule has 1 fully saturated rings. The van der Waals surface area contributed by atoms with Crippen LogP contribution in [0.15, 0.2) is 17.2 Å². The van der Waals surface area contributed by atoms with Gasteiger partial charge in [0.25, 0.3) is 0 Å². The second kappa shape index (κ2) is 13.6. The lowest BCUT2D eigenvalue weighted by molar-refractivity contribution is -0.144. The number of unbranched alkanes of at least 4 members (excludes halogenated alkanes) is 2. The summed E-state index contributed by atoms with van der Waals surface area (Å²) >= 11 is 7.56. The first kappa shape index (κ1) is 27.2. The minimum Gasteiger partial charge on any atom is -0.478 e. The molecule has 0 spiro atoms. The number of halogens is 3. The van der Waals surface area contributed by atoms with Gasteiger partial charge >= 0.3 is 12.7 Å². The van der Waals surface area contributed by atoms with Crippen molar-refractivity contribution >= 4 is 41.9 Å². The summed E-state index contributed by atoms with van der Waals surface area (Å²) in [7, 11) is 0. The van der Waals surface area contributed by atoms with Gasteiger partial charge in [0, 0.05) is 16.8 Å². The second-order valence-corrected chi connectivity index (χ2v) is 10.8. The van der Waals surface area contributed by atoms with Gasteiger partial charge in [-0.1, -0.05) is 76.3 Å². The molecule has 2 atom stereocenters. The predicted octanol–water partition coefficient (Wildman–Crippen LogP) is 7.50. The number of nitrogens with two attached hydrogens (primary N) is 1. The van der Waals surface area contributed by atoms with Gasteiger partial charge in [0.05, 0.1) is 18.1 Å². The zero-order valence-corrected chi connectivity index (χ0v) is 20.9. The fourth-order valence-electron chi connectivity index (χ4n) is 4.02. The van der Waals surface area contributed by atoms with Crippen LogP contribution in [-0.2, 0) is 9.53 Å². The lowest BCUT2D eigenvalue weighted by Crippen LogP contribution is -2.25. The topological polar surface area (TPSA) is 65.2 Å². The highest BCUT2D eigenvalue weighted by molar-refractivity contribution is 7.99. The molecule has 0 radical (unpaired) electrons. The molecule has 1 saturated carbocycles. The van der Waals surface area contributed by atoms with E-state index >= 15 is 0 Å². The fourth-order valence-corrected chi connectivity index (χ4v) is 5.17. The maximum absolute atomic E-state index is 13.9. The van der Waals surface area contributed by atoms with Crippen molar-refractivity contribution in [2.75, 3.05) is 18.1 Å². The smallest absolute Gasteiger partial charge is 0.308 e. The van der Waals surface area contributed by atoms with Crippen LogP contribution in [0.3, 0.4) is 0 Å². The molecule has 2 rings (SSSR count). The lowest BCUT2D eigenvalue weighted by atomic mass is 9.53. The number of nitrogens with zero attached hydrogens (tertiary/aromatic N) is 1. The number of hydrogen-bond donors (Lipinski definition) is 1. The van der Waals surface area contributed by atoms with Gasteiger partial charge in [-0.25, -0.2) is 4.98 Å². The molecule has 0 aromatic carbocycles. The molecule has 1 aromatic rings. The zero-order chi connectivity index (χ0) is 23.6. The van der Waals surface area contributed by atoms with Crippen molar-refractivity contribution in [2.24, 2.45) is 11.8 Å². The summed E-state index contributed by atoms with van der Waals surface area (Å²) in [6.45, 7) is 1.37. The number of nitrogen functional groups attached to an aromatic ring is 1. The van der Waals surface area contributed by atoms with Crippen molar-refractivity contribution in [3.8, 4) is 0 Å². The molecule has 0 bridgehead atoms. The normalized spacial score (nSPS) is 16.0. The standard InChI is InChI=1S/C23H37BClF2N2O2S/c1-3-18(8-6-4-5-7-17(2)15-24(26,27)19-9-10-19)16-31-21(30)12-14-32-20-11-13-29-23(28)22(20)25/h11,13,17-19H,3-10,12,14-16H2,1-2H3,(H2,28,29)/q-1/t17-,18?/m0/s1. The van der Waals surface area contributed by atoms with Crippen LogP contribution in [0.4, 0.5) is 14.4 Å². The number of thioether (sulfide) groups is 1. The number of hydrogen-bond acceptors (Lipinski definition) is 5. The third-order valence-electron chi connectivity index (χ3n) is 6.34. The van der Waals surface area contributed by atoms with E-state index in [4.69, 9.17) is 22.1 Å². The van der Waals surface area contributed by atoms with Crippen LogP contribution in [0.25, 0.3) is 0 Å². The van der Waals surface area contributed by atoms with E-state index in [9.17, 15) is 13.4 Å². The lowest BCUT2D eigenvalue weighted by Gasteiger charge is -2.27.